The van der Waals surface area contributed by atoms with Crippen molar-refractivity contribution in [1.29, 1.82) is 5.26 Å². The number of carbonyl (C=O) groups is 2. The fourth-order valence-electron chi connectivity index (χ4n) is 5.44. The summed E-state index contributed by atoms with van der Waals surface area (Å²) in [5.74, 6) is -0.466. The number of pyridine rings is 1. The van der Waals surface area contributed by atoms with Crippen molar-refractivity contribution >= 4 is 17.7 Å². The van der Waals surface area contributed by atoms with Crippen LogP contribution in [0.15, 0.2) is 36.4 Å². The Morgan fingerprint density at radius 2 is 2.10 bits per heavy atom. The number of benzene rings is 1. The lowest BCUT2D eigenvalue weighted by Crippen LogP contribution is -2.47. The van der Waals surface area contributed by atoms with Gasteiger partial charge in [0.25, 0.3) is 0 Å². The minimum atomic E-state index is -1.11. The lowest BCUT2D eigenvalue weighted by molar-refractivity contribution is -0.142. The summed E-state index contributed by atoms with van der Waals surface area (Å²) in [6.07, 6.45) is 5.49. The molecule has 4 rings (SSSR count). The average molecular weight is 566 g/mol. The number of carboxylic acids is 1. The van der Waals surface area contributed by atoms with Crippen molar-refractivity contribution in [3.63, 3.8) is 0 Å². The van der Waals surface area contributed by atoms with Gasteiger partial charge in [-0.3, -0.25) is 4.79 Å². The van der Waals surface area contributed by atoms with E-state index in [0.29, 0.717) is 38.0 Å². The molecule has 1 amide bonds. The zero-order valence-electron chi connectivity index (χ0n) is 23.7. The quantitative estimate of drug-likeness (QED) is 0.264. The van der Waals surface area contributed by atoms with Gasteiger partial charge in [-0.15, -0.1) is 0 Å². The Morgan fingerprint density at radius 3 is 2.80 bits per heavy atom. The number of amides is 1. The lowest BCUT2D eigenvalue weighted by atomic mass is 9.93. The van der Waals surface area contributed by atoms with Crippen LogP contribution in [-0.4, -0.2) is 79.0 Å². The highest BCUT2D eigenvalue weighted by Crippen LogP contribution is 2.48. The minimum absolute atomic E-state index is 0.177. The first kappa shape index (κ1) is 30.4. The molecule has 9 nitrogen and oxygen atoms in total. The Kier molecular flexibility index (Phi) is 10.7. The number of rotatable bonds is 16. The molecule has 1 aliphatic heterocycles. The molecule has 10 heteroatoms. The van der Waals surface area contributed by atoms with Gasteiger partial charge in [0, 0.05) is 32.4 Å². The first-order valence-electron chi connectivity index (χ1n) is 14.5. The van der Waals surface area contributed by atoms with Gasteiger partial charge >= 0.3 is 5.97 Å². The van der Waals surface area contributed by atoms with E-state index in [0.717, 1.165) is 55.7 Å². The molecule has 1 aromatic carbocycles. The number of hydrogen-bond donors (Lipinski definition) is 3. The first-order valence-corrected chi connectivity index (χ1v) is 14.5. The number of aryl methyl sites for hydroxylation is 2. The zero-order chi connectivity index (χ0) is 29.2. The molecule has 0 radical (unpaired) electrons. The topological polar surface area (TPSA) is 128 Å². The molecule has 0 spiro atoms. The van der Waals surface area contributed by atoms with Crippen LogP contribution in [-0.2, 0) is 32.6 Å². The van der Waals surface area contributed by atoms with Gasteiger partial charge in [0.05, 0.1) is 23.2 Å². The number of nitriles is 1. The number of carboxylic acid groups (broad SMARTS) is 1. The van der Waals surface area contributed by atoms with Crippen LogP contribution >= 0.6 is 0 Å². The zero-order valence-corrected chi connectivity index (χ0v) is 23.7. The number of aromatic nitrogens is 1. The second-order valence-corrected chi connectivity index (χ2v) is 11.0. The molecular formula is C31H40FN5O4. The molecule has 0 unspecified atom stereocenters. The van der Waals surface area contributed by atoms with Crippen molar-refractivity contribution in [2.24, 2.45) is 0 Å². The fraction of sp³-hybridized carbons (Fsp3) is 0.548. The first-order chi connectivity index (χ1) is 19.9. The highest BCUT2D eigenvalue weighted by molar-refractivity contribution is 5.94. The summed E-state index contributed by atoms with van der Waals surface area (Å²) in [4.78, 5) is 32.1. The van der Waals surface area contributed by atoms with Crippen LogP contribution in [0.25, 0.3) is 0 Å². The smallest absolute Gasteiger partial charge is 0.326 e. The molecule has 220 valence electrons. The molecule has 1 saturated carbocycles. The second kappa shape index (κ2) is 14.4. The summed E-state index contributed by atoms with van der Waals surface area (Å²) in [5, 5.41) is 25.2. The largest absolute Gasteiger partial charge is 0.480 e. The van der Waals surface area contributed by atoms with Crippen LogP contribution in [0.5, 0.6) is 0 Å². The van der Waals surface area contributed by atoms with E-state index in [9.17, 15) is 24.3 Å². The third-order valence-electron chi connectivity index (χ3n) is 8.14. The number of ether oxygens (including phenoxy) is 1. The van der Waals surface area contributed by atoms with Crippen LogP contribution < -0.4 is 10.6 Å². The standard InChI is InChI=1S/C31H40FN5O4/c1-41-26(19-32)21-37(16-3-2-9-25-11-10-23-7-5-15-34-28(23)35-25)17-12-27(29(38)39)36-30(40)31(13-14-31)24-8-4-6-22(18-24)20-33/h4,6,8,10-11,18,26-27H,2-3,5,7,9,12-17,19,21H2,1H3,(H,34,35)(H,36,40)(H,38,39)/t26-,27+/m1/s1. The minimum Gasteiger partial charge on any atom is -0.480 e. The van der Waals surface area contributed by atoms with Crippen LogP contribution in [0.2, 0.25) is 0 Å². The molecule has 2 aromatic rings. The predicted molar refractivity (Wildman–Crippen MR) is 153 cm³/mol. The molecule has 2 atom stereocenters. The van der Waals surface area contributed by atoms with E-state index in [4.69, 9.17) is 9.72 Å². The number of halogens is 1. The summed E-state index contributed by atoms with van der Waals surface area (Å²) in [5.41, 5.74) is 2.69. The molecule has 2 heterocycles. The van der Waals surface area contributed by atoms with E-state index in [2.05, 4.69) is 28.8 Å². The van der Waals surface area contributed by atoms with Gasteiger partial charge in [0.2, 0.25) is 5.91 Å². The van der Waals surface area contributed by atoms with Gasteiger partial charge in [-0.05, 0) is 87.2 Å². The Bertz CT molecular complexity index is 1240. The summed E-state index contributed by atoms with van der Waals surface area (Å²) in [7, 11) is 1.47. The van der Waals surface area contributed by atoms with E-state index in [1.54, 1.807) is 18.2 Å². The van der Waals surface area contributed by atoms with Gasteiger partial charge in [-0.2, -0.15) is 5.26 Å². The Balaban J connectivity index is 1.32. The normalized spacial score (nSPS) is 16.6. The van der Waals surface area contributed by atoms with Crippen LogP contribution in [0.3, 0.4) is 0 Å². The third-order valence-corrected chi connectivity index (χ3v) is 8.14. The molecule has 41 heavy (non-hydrogen) atoms. The van der Waals surface area contributed by atoms with Crippen molar-refractivity contribution in [2.75, 3.05) is 45.3 Å². The van der Waals surface area contributed by atoms with Crippen molar-refractivity contribution in [3.8, 4) is 6.07 Å². The Morgan fingerprint density at radius 1 is 1.27 bits per heavy atom. The highest BCUT2D eigenvalue weighted by Gasteiger charge is 2.52. The maximum Gasteiger partial charge on any atom is 0.326 e. The maximum absolute atomic E-state index is 13.5. The number of nitrogens with one attached hydrogen (secondary N) is 2. The molecule has 0 bridgehead atoms. The number of aliphatic carboxylic acids is 1. The van der Waals surface area contributed by atoms with Gasteiger partial charge < -0.3 is 25.4 Å². The van der Waals surface area contributed by atoms with Crippen molar-refractivity contribution in [3.05, 3.63) is 58.8 Å². The van der Waals surface area contributed by atoms with Crippen LogP contribution in [0.1, 0.15) is 60.9 Å². The fourth-order valence-corrected chi connectivity index (χ4v) is 5.44. The molecule has 1 aliphatic carbocycles. The number of methoxy groups -OCH3 is 1. The SMILES string of the molecule is CO[C@H](CF)CN(CCCCc1ccc2c(n1)NCCC2)CC[C@H](NC(=O)C1(c2cccc(C#N)c2)CC1)C(=O)O. The number of unbranched alkanes of at least 4 members (excludes halogenated alkanes) is 1. The average Bonchev–Trinajstić information content (AvgIpc) is 3.81. The highest BCUT2D eigenvalue weighted by atomic mass is 19.1. The van der Waals surface area contributed by atoms with Crippen molar-refractivity contribution in [1.82, 2.24) is 15.2 Å². The lowest BCUT2D eigenvalue weighted by Gasteiger charge is -2.27. The van der Waals surface area contributed by atoms with Crippen molar-refractivity contribution in [2.45, 2.75) is 68.9 Å². The molecule has 2 aliphatic rings. The van der Waals surface area contributed by atoms with Crippen LogP contribution in [0, 0.1) is 11.3 Å². The second-order valence-electron chi connectivity index (χ2n) is 11.0. The van der Waals surface area contributed by atoms with Gasteiger partial charge in [-0.1, -0.05) is 18.2 Å². The van der Waals surface area contributed by atoms with Crippen LogP contribution in [0.4, 0.5) is 10.2 Å². The molecule has 1 aromatic heterocycles. The van der Waals surface area contributed by atoms with E-state index in [1.165, 1.54) is 12.7 Å². The van der Waals surface area contributed by atoms with Crippen molar-refractivity contribution < 1.29 is 23.8 Å². The molecule has 3 N–H and O–H groups in total. The molecular weight excluding hydrogens is 525 g/mol. The molecule has 1 fully saturated rings. The number of carbonyl (C=O) groups excluding carboxylic acids is 1. The number of alkyl halides is 1. The van der Waals surface area contributed by atoms with E-state index in [-0.39, 0.29) is 12.3 Å². The van der Waals surface area contributed by atoms with E-state index >= 15 is 0 Å². The number of nitrogens with zero attached hydrogens (tertiary/aromatic N) is 3. The number of hydrogen-bond acceptors (Lipinski definition) is 7. The Hall–Kier alpha value is -3.55. The monoisotopic (exact) mass is 565 g/mol. The van der Waals surface area contributed by atoms with E-state index < -0.39 is 30.2 Å². The number of anilines is 1. The molecule has 0 saturated heterocycles. The van der Waals surface area contributed by atoms with E-state index in [1.807, 2.05) is 11.0 Å². The third kappa shape index (κ3) is 8.02. The maximum atomic E-state index is 13.5. The summed E-state index contributed by atoms with van der Waals surface area (Å²) in [6.45, 7) is 1.66. The summed E-state index contributed by atoms with van der Waals surface area (Å²) in [6, 6.07) is 12.2. The Labute approximate surface area is 241 Å². The van der Waals surface area contributed by atoms with Gasteiger partial charge in [-0.25, -0.2) is 14.2 Å². The van der Waals surface area contributed by atoms with Gasteiger partial charge in [0.15, 0.2) is 0 Å². The predicted octanol–water partition coefficient (Wildman–Crippen LogP) is 3.61. The number of fused-ring (bicyclic) bond motifs is 1. The van der Waals surface area contributed by atoms with Gasteiger partial charge in [0.1, 0.15) is 18.5 Å². The summed E-state index contributed by atoms with van der Waals surface area (Å²) < 4.78 is 18.7. The summed E-state index contributed by atoms with van der Waals surface area (Å²) >= 11 is 0.